The molecule has 1 aromatic heterocycles. The lowest BCUT2D eigenvalue weighted by Gasteiger charge is -2.49. The van der Waals surface area contributed by atoms with Gasteiger partial charge in [-0.15, -0.1) is 0 Å². The number of para-hydroxylation sites is 1. The summed E-state index contributed by atoms with van der Waals surface area (Å²) in [6.45, 7) is 1.76. The number of piperazine rings is 1. The van der Waals surface area contributed by atoms with Crippen molar-refractivity contribution in [3.8, 4) is 0 Å². The summed E-state index contributed by atoms with van der Waals surface area (Å²) in [5.41, 5.74) is 4.28. The first-order valence-electron chi connectivity index (χ1n) is 12.3. The average molecular weight is 468 g/mol. The van der Waals surface area contributed by atoms with Crippen LogP contribution in [0.2, 0.25) is 0 Å². The second kappa shape index (κ2) is 8.86. The zero-order valence-corrected chi connectivity index (χ0v) is 19.9. The Hall–Kier alpha value is -3.64. The van der Waals surface area contributed by atoms with Gasteiger partial charge in [-0.1, -0.05) is 60.7 Å². The number of hydrogen-bond acceptors (Lipinski definition) is 3. The molecule has 2 aliphatic rings. The topological polar surface area (TPSA) is 65.6 Å². The fourth-order valence-corrected chi connectivity index (χ4v) is 5.83. The molecule has 1 N–H and O–H groups in total. The summed E-state index contributed by atoms with van der Waals surface area (Å²) in [5, 5.41) is 3.43. The van der Waals surface area contributed by atoms with Gasteiger partial charge in [0.2, 0.25) is 11.8 Å². The minimum absolute atomic E-state index is 0.00415. The van der Waals surface area contributed by atoms with Crippen molar-refractivity contribution in [2.75, 3.05) is 26.8 Å². The van der Waals surface area contributed by atoms with E-state index in [1.54, 1.807) is 7.11 Å². The third-order valence-electron chi connectivity index (χ3n) is 7.47. The third kappa shape index (κ3) is 3.78. The van der Waals surface area contributed by atoms with Crippen molar-refractivity contribution < 1.29 is 14.3 Å². The van der Waals surface area contributed by atoms with Crippen molar-refractivity contribution in [2.45, 2.75) is 31.3 Å². The van der Waals surface area contributed by atoms with Crippen LogP contribution in [0.3, 0.4) is 0 Å². The predicted octanol–water partition coefficient (Wildman–Crippen LogP) is 4.24. The molecule has 178 valence electrons. The molecule has 1 saturated heterocycles. The van der Waals surface area contributed by atoms with Gasteiger partial charge >= 0.3 is 0 Å². The van der Waals surface area contributed by atoms with Gasteiger partial charge in [-0.3, -0.25) is 9.59 Å². The molecular weight excluding hydrogens is 438 g/mol. The largest absolute Gasteiger partial charge is 0.385 e. The highest BCUT2D eigenvalue weighted by molar-refractivity contribution is 5.94. The van der Waals surface area contributed by atoms with Gasteiger partial charge in [-0.05, 0) is 34.4 Å². The molecule has 2 bridgehead atoms. The second-order valence-corrected chi connectivity index (χ2v) is 9.59. The Morgan fingerprint density at radius 1 is 1.03 bits per heavy atom. The van der Waals surface area contributed by atoms with Crippen LogP contribution in [-0.2, 0) is 27.2 Å². The number of carbonyl (C=O) groups excluding carboxylic acids is 2. The third-order valence-corrected chi connectivity index (χ3v) is 7.47. The van der Waals surface area contributed by atoms with Gasteiger partial charge in [0.15, 0.2) is 0 Å². The van der Waals surface area contributed by atoms with E-state index in [1.165, 1.54) is 5.56 Å². The van der Waals surface area contributed by atoms with Gasteiger partial charge in [0.05, 0.1) is 12.5 Å². The SMILES string of the molecule is COCCCN1C[C@@H]2c3[nH]c4ccccc4c3CC(C1=O)N2C(=O)Cc1ccc2ccccc2c1. The number of carbonyl (C=O) groups is 2. The summed E-state index contributed by atoms with van der Waals surface area (Å²) in [6.07, 6.45) is 1.61. The maximum atomic E-state index is 13.8. The Labute approximate surface area is 204 Å². The number of aromatic amines is 1. The normalized spacial score (nSPS) is 19.4. The Balaban J connectivity index is 1.35. The Bertz CT molecular complexity index is 1430. The molecule has 6 rings (SSSR count). The van der Waals surface area contributed by atoms with E-state index in [-0.39, 0.29) is 24.3 Å². The molecule has 2 aliphatic heterocycles. The summed E-state index contributed by atoms with van der Waals surface area (Å²) in [4.78, 5) is 34.8. The number of aromatic nitrogens is 1. The van der Waals surface area contributed by atoms with Crippen LogP contribution in [0.15, 0.2) is 66.7 Å². The quantitative estimate of drug-likeness (QED) is 0.432. The molecule has 2 amide bonds. The molecule has 0 aliphatic carbocycles. The molecule has 2 atom stereocenters. The molecule has 0 radical (unpaired) electrons. The van der Waals surface area contributed by atoms with Gasteiger partial charge in [0.25, 0.3) is 0 Å². The first-order valence-corrected chi connectivity index (χ1v) is 12.3. The molecule has 3 aromatic carbocycles. The monoisotopic (exact) mass is 467 g/mol. The van der Waals surface area contributed by atoms with Crippen LogP contribution in [0, 0.1) is 0 Å². The van der Waals surface area contributed by atoms with E-state index in [9.17, 15) is 9.59 Å². The number of rotatable bonds is 6. The lowest BCUT2D eigenvalue weighted by atomic mass is 9.87. The van der Waals surface area contributed by atoms with E-state index in [1.807, 2.05) is 40.1 Å². The highest BCUT2D eigenvalue weighted by Gasteiger charge is 2.48. The summed E-state index contributed by atoms with van der Waals surface area (Å²) in [6, 6.07) is 21.9. The summed E-state index contributed by atoms with van der Waals surface area (Å²) in [5.74, 6) is 0.0459. The number of benzene rings is 3. The Kier molecular flexibility index (Phi) is 5.53. The van der Waals surface area contributed by atoms with Crippen molar-refractivity contribution in [3.05, 3.63) is 83.6 Å². The zero-order chi connectivity index (χ0) is 23.9. The molecule has 3 heterocycles. The van der Waals surface area contributed by atoms with Gasteiger partial charge in [0, 0.05) is 49.8 Å². The van der Waals surface area contributed by atoms with Crippen LogP contribution < -0.4 is 0 Å². The minimum atomic E-state index is -0.476. The number of fused-ring (bicyclic) bond motifs is 7. The van der Waals surface area contributed by atoms with Crippen LogP contribution in [0.25, 0.3) is 21.7 Å². The standard InChI is InChI=1S/C29H29N3O3/c1-35-14-6-13-31-18-26-28-23(22-9-4-5-10-24(22)30-28)17-25(29(31)34)32(26)27(33)16-19-11-12-20-7-2-3-8-21(20)15-19/h2-5,7-12,15,25-26,30H,6,13-14,16-18H2,1H3/t25?,26-/m1/s1. The first-order chi connectivity index (χ1) is 17.1. The molecule has 0 spiro atoms. The van der Waals surface area contributed by atoms with Gasteiger partial charge in [-0.2, -0.15) is 0 Å². The molecular formula is C29H29N3O3. The molecule has 1 unspecified atom stereocenters. The fraction of sp³-hybridized carbons (Fsp3) is 0.310. The highest BCUT2D eigenvalue weighted by Crippen LogP contribution is 2.41. The second-order valence-electron chi connectivity index (χ2n) is 9.59. The van der Waals surface area contributed by atoms with E-state index < -0.39 is 6.04 Å². The predicted molar refractivity (Wildman–Crippen MR) is 136 cm³/mol. The molecule has 6 nitrogen and oxygen atoms in total. The number of ether oxygens (including phenoxy) is 1. The number of nitrogens with one attached hydrogen (secondary N) is 1. The number of methoxy groups -OCH3 is 1. The van der Waals surface area contributed by atoms with Crippen LogP contribution in [0.4, 0.5) is 0 Å². The fourth-order valence-electron chi connectivity index (χ4n) is 5.83. The van der Waals surface area contributed by atoms with E-state index in [0.717, 1.165) is 39.4 Å². The van der Waals surface area contributed by atoms with Crippen LogP contribution >= 0.6 is 0 Å². The van der Waals surface area contributed by atoms with Crippen LogP contribution in [-0.4, -0.2) is 59.4 Å². The van der Waals surface area contributed by atoms with E-state index >= 15 is 0 Å². The number of nitrogens with zero attached hydrogens (tertiary/aromatic N) is 2. The molecule has 35 heavy (non-hydrogen) atoms. The van der Waals surface area contributed by atoms with Crippen molar-refractivity contribution >= 4 is 33.5 Å². The molecule has 6 heteroatoms. The Morgan fingerprint density at radius 2 is 1.83 bits per heavy atom. The lowest BCUT2D eigenvalue weighted by molar-refractivity contribution is -0.157. The van der Waals surface area contributed by atoms with Gasteiger partial charge in [0.1, 0.15) is 6.04 Å². The minimum Gasteiger partial charge on any atom is -0.385 e. The van der Waals surface area contributed by atoms with Crippen molar-refractivity contribution in [1.82, 2.24) is 14.8 Å². The lowest BCUT2D eigenvalue weighted by Crippen LogP contribution is -2.63. The van der Waals surface area contributed by atoms with Crippen LogP contribution in [0.5, 0.6) is 0 Å². The molecule has 0 saturated carbocycles. The zero-order valence-electron chi connectivity index (χ0n) is 19.9. The maximum absolute atomic E-state index is 13.8. The van der Waals surface area contributed by atoms with Gasteiger partial charge in [-0.25, -0.2) is 0 Å². The number of hydrogen-bond donors (Lipinski definition) is 1. The summed E-state index contributed by atoms with van der Waals surface area (Å²) < 4.78 is 5.21. The van der Waals surface area contributed by atoms with E-state index in [0.29, 0.717) is 26.1 Å². The molecule has 1 fully saturated rings. The van der Waals surface area contributed by atoms with Crippen LogP contribution in [0.1, 0.15) is 29.3 Å². The van der Waals surface area contributed by atoms with E-state index in [4.69, 9.17) is 4.74 Å². The van der Waals surface area contributed by atoms with Crippen molar-refractivity contribution in [2.24, 2.45) is 0 Å². The van der Waals surface area contributed by atoms with Gasteiger partial charge < -0.3 is 19.5 Å². The number of amides is 2. The summed E-state index contributed by atoms with van der Waals surface area (Å²) >= 11 is 0. The Morgan fingerprint density at radius 3 is 2.69 bits per heavy atom. The van der Waals surface area contributed by atoms with E-state index in [2.05, 4.69) is 41.4 Å². The van der Waals surface area contributed by atoms with Crippen molar-refractivity contribution in [3.63, 3.8) is 0 Å². The van der Waals surface area contributed by atoms with Crippen molar-refractivity contribution in [1.29, 1.82) is 0 Å². The average Bonchev–Trinajstić information content (AvgIpc) is 3.25. The highest BCUT2D eigenvalue weighted by atomic mass is 16.5. The maximum Gasteiger partial charge on any atom is 0.245 e. The number of H-pyrrole nitrogens is 1. The smallest absolute Gasteiger partial charge is 0.245 e. The molecule has 4 aromatic rings. The first kappa shape index (κ1) is 21.9. The summed E-state index contributed by atoms with van der Waals surface area (Å²) in [7, 11) is 1.68.